The van der Waals surface area contributed by atoms with Crippen LogP contribution >= 0.6 is 0 Å². The summed E-state index contributed by atoms with van der Waals surface area (Å²) < 4.78 is 0. The van der Waals surface area contributed by atoms with Gasteiger partial charge in [-0.15, -0.1) is 0 Å². The lowest BCUT2D eigenvalue weighted by Gasteiger charge is -2.58. The molecule has 3 aliphatic rings. The van der Waals surface area contributed by atoms with Crippen LogP contribution in [-0.2, 0) is 16.6 Å². The van der Waals surface area contributed by atoms with E-state index in [4.69, 9.17) is 0 Å². The Kier molecular flexibility index (Phi) is 2.60. The smallest absolute Gasteiger partial charge is 0.209 e. The summed E-state index contributed by atoms with van der Waals surface area (Å²) >= 11 is 0. The molecule has 1 N–H and O–H groups in total. The molecule has 2 fully saturated rings. The van der Waals surface area contributed by atoms with E-state index in [-0.39, 0.29) is 5.41 Å². The standard InChI is InChI=1S/C17H21NO2/c19-11-18-8-7-17-6-2-1-3-14(17)16(18)9-12-4-5-13(20)10-15(12)17/h4-5,10-11,14,16,20H,1-3,6-9H2. The number of benzene rings is 1. The van der Waals surface area contributed by atoms with Crippen molar-refractivity contribution in [2.45, 2.75) is 50.0 Å². The van der Waals surface area contributed by atoms with E-state index in [1.54, 1.807) is 6.07 Å². The number of hydrogen-bond acceptors (Lipinski definition) is 2. The van der Waals surface area contributed by atoms with E-state index >= 15 is 0 Å². The summed E-state index contributed by atoms with van der Waals surface area (Å²) in [5.41, 5.74) is 2.94. The van der Waals surface area contributed by atoms with Crippen molar-refractivity contribution in [1.82, 2.24) is 4.90 Å². The fourth-order valence-corrected chi connectivity index (χ4v) is 5.15. The molecule has 1 aliphatic heterocycles. The number of phenols is 1. The minimum Gasteiger partial charge on any atom is -0.508 e. The van der Waals surface area contributed by atoms with E-state index in [1.165, 1.54) is 36.8 Å². The maximum Gasteiger partial charge on any atom is 0.209 e. The molecule has 20 heavy (non-hydrogen) atoms. The molecule has 1 heterocycles. The Labute approximate surface area is 119 Å². The molecule has 3 unspecified atom stereocenters. The molecular formula is C17H21NO2. The van der Waals surface area contributed by atoms with Crippen molar-refractivity contribution >= 4 is 6.41 Å². The Balaban J connectivity index is 1.89. The van der Waals surface area contributed by atoms with Crippen LogP contribution in [-0.4, -0.2) is 29.0 Å². The van der Waals surface area contributed by atoms with Crippen molar-refractivity contribution in [3.05, 3.63) is 29.3 Å². The van der Waals surface area contributed by atoms with Gasteiger partial charge >= 0.3 is 0 Å². The lowest BCUT2D eigenvalue weighted by atomic mass is 9.52. The van der Waals surface area contributed by atoms with Crippen LogP contribution in [0.25, 0.3) is 0 Å². The topological polar surface area (TPSA) is 40.5 Å². The zero-order valence-electron chi connectivity index (χ0n) is 11.7. The number of rotatable bonds is 1. The van der Waals surface area contributed by atoms with Gasteiger partial charge in [-0.2, -0.15) is 0 Å². The summed E-state index contributed by atoms with van der Waals surface area (Å²) in [6.07, 6.45) is 8.07. The molecule has 3 atom stereocenters. The highest BCUT2D eigenvalue weighted by Crippen LogP contribution is 2.55. The zero-order chi connectivity index (χ0) is 13.7. The molecule has 2 bridgehead atoms. The lowest BCUT2D eigenvalue weighted by Crippen LogP contribution is -2.60. The van der Waals surface area contributed by atoms with Crippen LogP contribution in [0.2, 0.25) is 0 Å². The van der Waals surface area contributed by atoms with Crippen molar-refractivity contribution in [2.75, 3.05) is 6.54 Å². The summed E-state index contributed by atoms with van der Waals surface area (Å²) in [7, 11) is 0. The van der Waals surface area contributed by atoms with E-state index in [9.17, 15) is 9.90 Å². The van der Waals surface area contributed by atoms with Crippen LogP contribution < -0.4 is 0 Å². The molecule has 1 saturated carbocycles. The minimum atomic E-state index is 0.217. The highest BCUT2D eigenvalue weighted by atomic mass is 16.3. The maximum absolute atomic E-state index is 11.4. The van der Waals surface area contributed by atoms with Gasteiger partial charge in [-0.3, -0.25) is 4.79 Å². The van der Waals surface area contributed by atoms with Crippen LogP contribution in [0.3, 0.4) is 0 Å². The van der Waals surface area contributed by atoms with E-state index in [1.807, 2.05) is 11.0 Å². The summed E-state index contributed by atoms with van der Waals surface area (Å²) in [6.45, 7) is 0.875. The van der Waals surface area contributed by atoms with Gasteiger partial charge in [0.25, 0.3) is 0 Å². The third kappa shape index (κ3) is 1.49. The monoisotopic (exact) mass is 271 g/mol. The largest absolute Gasteiger partial charge is 0.508 e. The summed E-state index contributed by atoms with van der Waals surface area (Å²) in [5, 5.41) is 9.90. The average Bonchev–Trinajstić information content (AvgIpc) is 2.48. The average molecular weight is 271 g/mol. The van der Waals surface area contributed by atoms with Gasteiger partial charge in [0.15, 0.2) is 0 Å². The molecule has 1 aromatic carbocycles. The Bertz CT molecular complexity index is 556. The quantitative estimate of drug-likeness (QED) is 0.798. The molecule has 1 amide bonds. The number of nitrogens with zero attached hydrogens (tertiary/aromatic N) is 1. The van der Waals surface area contributed by atoms with Crippen molar-refractivity contribution in [3.63, 3.8) is 0 Å². The number of carbonyl (C=O) groups excluding carboxylic acids is 1. The van der Waals surface area contributed by atoms with Crippen LogP contribution in [0, 0.1) is 5.92 Å². The third-order valence-corrected chi connectivity index (χ3v) is 6.00. The first-order chi connectivity index (χ1) is 9.74. The predicted octanol–water partition coefficient (Wildman–Crippen LogP) is 2.61. The first-order valence-corrected chi connectivity index (χ1v) is 7.78. The fourth-order valence-electron chi connectivity index (χ4n) is 5.15. The molecule has 0 radical (unpaired) electrons. The van der Waals surface area contributed by atoms with Crippen LogP contribution in [0.15, 0.2) is 18.2 Å². The third-order valence-electron chi connectivity index (χ3n) is 6.00. The molecule has 3 nitrogen and oxygen atoms in total. The molecular weight excluding hydrogens is 250 g/mol. The fraction of sp³-hybridized carbons (Fsp3) is 0.588. The normalized spacial score (nSPS) is 35.1. The van der Waals surface area contributed by atoms with Gasteiger partial charge in [-0.1, -0.05) is 18.9 Å². The molecule has 106 valence electrons. The van der Waals surface area contributed by atoms with E-state index in [0.717, 1.165) is 25.8 Å². The zero-order valence-corrected chi connectivity index (χ0v) is 11.7. The second-order valence-corrected chi connectivity index (χ2v) is 6.71. The molecule has 0 spiro atoms. The van der Waals surface area contributed by atoms with Gasteiger partial charge in [0, 0.05) is 18.0 Å². The molecule has 3 heteroatoms. The van der Waals surface area contributed by atoms with Gasteiger partial charge in [0.1, 0.15) is 5.75 Å². The predicted molar refractivity (Wildman–Crippen MR) is 76.6 cm³/mol. The molecule has 0 aromatic heterocycles. The van der Waals surface area contributed by atoms with Crippen LogP contribution in [0.5, 0.6) is 5.75 Å². The highest BCUT2D eigenvalue weighted by Gasteiger charge is 2.53. The number of piperidine rings is 1. The Morgan fingerprint density at radius 3 is 3.05 bits per heavy atom. The van der Waals surface area contributed by atoms with Crippen LogP contribution in [0.4, 0.5) is 0 Å². The van der Waals surface area contributed by atoms with Crippen LogP contribution in [0.1, 0.15) is 43.2 Å². The number of aromatic hydroxyl groups is 1. The van der Waals surface area contributed by atoms with Crippen molar-refractivity contribution in [2.24, 2.45) is 5.92 Å². The number of hydrogen-bond donors (Lipinski definition) is 1. The number of likely N-dealkylation sites (tertiary alicyclic amines) is 1. The number of amides is 1. The Morgan fingerprint density at radius 2 is 2.20 bits per heavy atom. The second kappa shape index (κ2) is 4.24. The highest BCUT2D eigenvalue weighted by molar-refractivity contribution is 5.52. The number of carbonyl (C=O) groups is 1. The summed E-state index contributed by atoms with van der Waals surface area (Å²) in [5.74, 6) is 0.975. The first kappa shape index (κ1) is 12.2. The van der Waals surface area contributed by atoms with Gasteiger partial charge in [-0.25, -0.2) is 0 Å². The van der Waals surface area contributed by atoms with E-state index in [0.29, 0.717) is 17.7 Å². The summed E-state index contributed by atoms with van der Waals surface area (Å²) in [6, 6.07) is 6.23. The maximum atomic E-state index is 11.4. The Morgan fingerprint density at radius 1 is 1.30 bits per heavy atom. The van der Waals surface area contributed by atoms with E-state index in [2.05, 4.69) is 6.07 Å². The molecule has 1 saturated heterocycles. The van der Waals surface area contributed by atoms with Crippen molar-refractivity contribution in [1.29, 1.82) is 0 Å². The van der Waals surface area contributed by atoms with Gasteiger partial charge < -0.3 is 10.0 Å². The molecule has 1 aromatic rings. The minimum absolute atomic E-state index is 0.217. The SMILES string of the molecule is O=CN1CCC23CCCCC2C1Cc1ccc(O)cc13. The number of phenolic OH excluding ortho intramolecular Hbond substituents is 1. The first-order valence-electron chi connectivity index (χ1n) is 7.78. The van der Waals surface area contributed by atoms with Gasteiger partial charge in [-0.05, 0) is 54.9 Å². The van der Waals surface area contributed by atoms with Gasteiger partial charge in [0.2, 0.25) is 6.41 Å². The van der Waals surface area contributed by atoms with Gasteiger partial charge in [0.05, 0.1) is 0 Å². The molecule has 2 aliphatic carbocycles. The Hall–Kier alpha value is -1.51. The second-order valence-electron chi connectivity index (χ2n) is 6.71. The number of fused-ring (bicyclic) bond motifs is 1. The van der Waals surface area contributed by atoms with E-state index < -0.39 is 0 Å². The van der Waals surface area contributed by atoms with Crippen molar-refractivity contribution in [3.8, 4) is 5.75 Å². The molecule has 4 rings (SSSR count). The van der Waals surface area contributed by atoms with Crippen molar-refractivity contribution < 1.29 is 9.90 Å². The summed E-state index contributed by atoms with van der Waals surface area (Å²) in [4.78, 5) is 13.4. The lowest BCUT2D eigenvalue weighted by molar-refractivity contribution is -0.126.